The Balaban J connectivity index is 2.58. The maximum atomic E-state index is 11.3. The van der Waals surface area contributed by atoms with Crippen molar-refractivity contribution in [2.24, 2.45) is 0 Å². The molecule has 4 nitrogen and oxygen atoms in total. The molecule has 2 unspecified atom stereocenters. The average molecular weight is 251 g/mol. The average Bonchev–Trinajstić information content (AvgIpc) is 2.35. The third-order valence-corrected chi connectivity index (χ3v) is 2.95. The summed E-state index contributed by atoms with van der Waals surface area (Å²) in [4.78, 5) is 11.3. The van der Waals surface area contributed by atoms with Crippen LogP contribution in [-0.4, -0.2) is 30.3 Å². The zero-order valence-corrected chi connectivity index (χ0v) is 11.4. The summed E-state index contributed by atoms with van der Waals surface area (Å²) in [6.07, 6.45) is 0. The molecule has 0 spiro atoms. The van der Waals surface area contributed by atoms with Crippen LogP contribution in [0.1, 0.15) is 31.0 Å². The number of aryl methyl sites for hydroxylation is 1. The molecule has 2 N–H and O–H groups in total. The van der Waals surface area contributed by atoms with E-state index in [1.165, 1.54) is 19.6 Å². The molecule has 0 bridgehead atoms. The van der Waals surface area contributed by atoms with Gasteiger partial charge >= 0.3 is 5.97 Å². The number of ether oxygens (including phenoxy) is 1. The van der Waals surface area contributed by atoms with Gasteiger partial charge in [-0.1, -0.05) is 29.8 Å². The molecule has 1 rings (SSSR count). The second-order valence-electron chi connectivity index (χ2n) is 4.78. The van der Waals surface area contributed by atoms with E-state index in [0.717, 1.165) is 5.56 Å². The first-order chi connectivity index (χ1) is 8.36. The van der Waals surface area contributed by atoms with E-state index in [-0.39, 0.29) is 12.6 Å². The minimum absolute atomic E-state index is 0.0572. The Kier molecular flexibility index (Phi) is 4.87. The number of hydrogen-bond donors (Lipinski definition) is 2. The van der Waals surface area contributed by atoms with Crippen LogP contribution >= 0.6 is 0 Å². The Hall–Kier alpha value is -1.39. The molecule has 2 atom stereocenters. The third kappa shape index (κ3) is 3.82. The van der Waals surface area contributed by atoms with Gasteiger partial charge in [0.15, 0.2) is 5.60 Å². The monoisotopic (exact) mass is 251 g/mol. The van der Waals surface area contributed by atoms with Crippen molar-refractivity contribution >= 4 is 5.97 Å². The molecule has 0 saturated carbocycles. The smallest absolute Gasteiger partial charge is 0.338 e. The summed E-state index contributed by atoms with van der Waals surface area (Å²) >= 11 is 0. The molecule has 0 amide bonds. The largest absolute Gasteiger partial charge is 0.467 e. The highest BCUT2D eigenvalue weighted by Gasteiger charge is 2.31. The number of esters is 1. The summed E-state index contributed by atoms with van der Waals surface area (Å²) in [6.45, 7) is 5.60. The number of methoxy groups -OCH3 is 1. The van der Waals surface area contributed by atoms with Gasteiger partial charge in [0.2, 0.25) is 0 Å². The lowest BCUT2D eigenvalue weighted by Gasteiger charge is -2.23. The number of carbonyl (C=O) groups is 1. The maximum Gasteiger partial charge on any atom is 0.338 e. The second-order valence-corrected chi connectivity index (χ2v) is 4.78. The SMILES string of the molecule is COC(=O)C(C)(O)CNC(C)c1ccc(C)cc1. The van der Waals surface area contributed by atoms with Gasteiger partial charge in [-0.25, -0.2) is 4.79 Å². The minimum Gasteiger partial charge on any atom is -0.467 e. The molecule has 0 aliphatic heterocycles. The lowest BCUT2D eigenvalue weighted by atomic mass is 10.0. The molecular formula is C14H21NO3. The van der Waals surface area contributed by atoms with E-state index in [2.05, 4.69) is 10.1 Å². The summed E-state index contributed by atoms with van der Waals surface area (Å²) in [5.74, 6) is -0.633. The maximum absolute atomic E-state index is 11.3. The van der Waals surface area contributed by atoms with Crippen molar-refractivity contribution in [3.63, 3.8) is 0 Å². The summed E-state index contributed by atoms with van der Waals surface area (Å²) < 4.78 is 4.54. The van der Waals surface area contributed by atoms with Gasteiger partial charge in [0.05, 0.1) is 7.11 Å². The van der Waals surface area contributed by atoms with Crippen LogP contribution in [0.15, 0.2) is 24.3 Å². The van der Waals surface area contributed by atoms with Gasteiger partial charge in [0.25, 0.3) is 0 Å². The van der Waals surface area contributed by atoms with Crippen molar-refractivity contribution in [2.75, 3.05) is 13.7 Å². The Bertz CT molecular complexity index is 398. The standard InChI is InChI=1S/C14H21NO3/c1-10-5-7-12(8-6-10)11(2)15-9-14(3,17)13(16)18-4/h5-8,11,15,17H,9H2,1-4H3. The van der Waals surface area contributed by atoms with Crippen molar-refractivity contribution in [1.82, 2.24) is 5.32 Å². The summed E-state index contributed by atoms with van der Waals surface area (Å²) in [7, 11) is 1.26. The number of nitrogens with one attached hydrogen (secondary N) is 1. The van der Waals surface area contributed by atoms with Crippen LogP contribution in [0.5, 0.6) is 0 Å². The normalized spacial score (nSPS) is 15.8. The van der Waals surface area contributed by atoms with E-state index in [1.807, 2.05) is 38.1 Å². The molecule has 18 heavy (non-hydrogen) atoms. The molecule has 0 fully saturated rings. The summed E-state index contributed by atoms with van der Waals surface area (Å²) in [5.41, 5.74) is 0.807. The number of benzene rings is 1. The Morgan fingerprint density at radius 2 is 2.00 bits per heavy atom. The topological polar surface area (TPSA) is 58.6 Å². The van der Waals surface area contributed by atoms with E-state index in [1.54, 1.807) is 0 Å². The first-order valence-corrected chi connectivity index (χ1v) is 5.97. The lowest BCUT2D eigenvalue weighted by Crippen LogP contribution is -2.46. The van der Waals surface area contributed by atoms with Crippen LogP contribution in [0, 0.1) is 6.92 Å². The first kappa shape index (κ1) is 14.7. The van der Waals surface area contributed by atoms with Crippen LogP contribution in [0.3, 0.4) is 0 Å². The van der Waals surface area contributed by atoms with Crippen molar-refractivity contribution in [2.45, 2.75) is 32.4 Å². The molecule has 0 aliphatic rings. The van der Waals surface area contributed by atoms with Gasteiger partial charge in [-0.3, -0.25) is 0 Å². The van der Waals surface area contributed by atoms with Crippen molar-refractivity contribution in [3.05, 3.63) is 35.4 Å². The van der Waals surface area contributed by atoms with Crippen LogP contribution in [0.2, 0.25) is 0 Å². The van der Waals surface area contributed by atoms with Crippen LogP contribution < -0.4 is 5.32 Å². The highest BCUT2D eigenvalue weighted by molar-refractivity contribution is 5.78. The molecule has 0 heterocycles. The molecule has 0 aliphatic carbocycles. The van der Waals surface area contributed by atoms with Crippen LogP contribution in [0.4, 0.5) is 0 Å². The van der Waals surface area contributed by atoms with Crippen molar-refractivity contribution < 1.29 is 14.6 Å². The zero-order chi connectivity index (χ0) is 13.8. The number of rotatable bonds is 5. The second kappa shape index (κ2) is 5.98. The fourth-order valence-corrected chi connectivity index (χ4v) is 1.62. The van der Waals surface area contributed by atoms with E-state index >= 15 is 0 Å². The quantitative estimate of drug-likeness (QED) is 0.780. The molecule has 100 valence electrons. The van der Waals surface area contributed by atoms with Crippen molar-refractivity contribution in [3.8, 4) is 0 Å². The van der Waals surface area contributed by atoms with Gasteiger partial charge in [0, 0.05) is 12.6 Å². The first-order valence-electron chi connectivity index (χ1n) is 5.97. The van der Waals surface area contributed by atoms with E-state index in [4.69, 9.17) is 0 Å². The molecule has 0 saturated heterocycles. The van der Waals surface area contributed by atoms with Crippen molar-refractivity contribution in [1.29, 1.82) is 0 Å². The van der Waals surface area contributed by atoms with Gasteiger partial charge in [-0.05, 0) is 26.3 Å². The highest BCUT2D eigenvalue weighted by atomic mass is 16.5. The van der Waals surface area contributed by atoms with E-state index in [0.29, 0.717) is 0 Å². The molecule has 4 heteroatoms. The van der Waals surface area contributed by atoms with Gasteiger partial charge in [-0.2, -0.15) is 0 Å². The van der Waals surface area contributed by atoms with Gasteiger partial charge < -0.3 is 15.2 Å². The zero-order valence-electron chi connectivity index (χ0n) is 11.4. The van der Waals surface area contributed by atoms with E-state index in [9.17, 15) is 9.90 Å². The molecular weight excluding hydrogens is 230 g/mol. The molecule has 0 radical (unpaired) electrons. The fraction of sp³-hybridized carbons (Fsp3) is 0.500. The minimum atomic E-state index is -1.51. The lowest BCUT2D eigenvalue weighted by molar-refractivity contribution is -0.160. The van der Waals surface area contributed by atoms with Crippen LogP contribution in [0.25, 0.3) is 0 Å². The van der Waals surface area contributed by atoms with Gasteiger partial charge in [0.1, 0.15) is 0 Å². The Labute approximate surface area is 108 Å². The van der Waals surface area contributed by atoms with Crippen LogP contribution in [-0.2, 0) is 9.53 Å². The fourth-order valence-electron chi connectivity index (χ4n) is 1.62. The highest BCUT2D eigenvalue weighted by Crippen LogP contribution is 2.14. The summed E-state index contributed by atoms with van der Waals surface area (Å²) in [6, 6.07) is 8.18. The Morgan fingerprint density at radius 3 is 2.50 bits per heavy atom. The number of aliphatic hydroxyl groups is 1. The Morgan fingerprint density at radius 1 is 1.44 bits per heavy atom. The summed E-state index contributed by atoms with van der Waals surface area (Å²) in [5, 5.41) is 13.0. The predicted molar refractivity (Wildman–Crippen MR) is 70.2 cm³/mol. The third-order valence-electron chi connectivity index (χ3n) is 2.95. The number of hydrogen-bond acceptors (Lipinski definition) is 4. The van der Waals surface area contributed by atoms with Gasteiger partial charge in [-0.15, -0.1) is 0 Å². The molecule has 1 aromatic rings. The molecule has 0 aromatic heterocycles. The molecule has 1 aromatic carbocycles. The predicted octanol–water partition coefficient (Wildman–Crippen LogP) is 1.57. The van der Waals surface area contributed by atoms with E-state index < -0.39 is 11.6 Å². The number of carbonyl (C=O) groups excluding carboxylic acids is 1.